The Kier molecular flexibility index (Phi) is 7.13. The van der Waals surface area contributed by atoms with Crippen LogP contribution in [-0.4, -0.2) is 53.8 Å². The smallest absolute Gasteiger partial charge is 0.0475 e. The van der Waals surface area contributed by atoms with Crippen molar-refractivity contribution in [2.45, 2.75) is 38.6 Å². The van der Waals surface area contributed by atoms with Gasteiger partial charge in [0.25, 0.3) is 0 Å². The quantitative estimate of drug-likeness (QED) is 0.765. The SMILES string of the molecule is CCCN1CCC(NCC(CO)Cc2ccccn2)CC1. The van der Waals surface area contributed by atoms with Gasteiger partial charge in [-0.2, -0.15) is 0 Å². The first-order valence-electron chi connectivity index (χ1n) is 8.28. The molecule has 0 aliphatic carbocycles. The van der Waals surface area contributed by atoms with E-state index in [1.807, 2.05) is 24.4 Å². The summed E-state index contributed by atoms with van der Waals surface area (Å²) >= 11 is 0. The first kappa shape index (κ1) is 16.4. The monoisotopic (exact) mass is 291 g/mol. The van der Waals surface area contributed by atoms with Crippen molar-refractivity contribution >= 4 is 0 Å². The molecular formula is C17H29N3O. The number of hydrogen-bond acceptors (Lipinski definition) is 4. The van der Waals surface area contributed by atoms with Gasteiger partial charge in [-0.05, 0) is 63.4 Å². The average Bonchev–Trinajstić information content (AvgIpc) is 2.54. The normalized spacial score (nSPS) is 18.8. The van der Waals surface area contributed by atoms with Gasteiger partial charge in [0.15, 0.2) is 0 Å². The molecular weight excluding hydrogens is 262 g/mol. The van der Waals surface area contributed by atoms with Gasteiger partial charge < -0.3 is 15.3 Å². The highest BCUT2D eigenvalue weighted by molar-refractivity contribution is 5.04. The third-order valence-corrected chi connectivity index (χ3v) is 4.30. The van der Waals surface area contributed by atoms with Gasteiger partial charge >= 0.3 is 0 Å². The average molecular weight is 291 g/mol. The molecule has 1 saturated heterocycles. The van der Waals surface area contributed by atoms with Crippen molar-refractivity contribution in [2.75, 3.05) is 32.8 Å². The van der Waals surface area contributed by atoms with Crippen LogP contribution in [0.15, 0.2) is 24.4 Å². The summed E-state index contributed by atoms with van der Waals surface area (Å²) in [6.45, 7) is 6.98. The molecule has 1 aromatic rings. The summed E-state index contributed by atoms with van der Waals surface area (Å²) in [5.74, 6) is 0.258. The van der Waals surface area contributed by atoms with E-state index in [-0.39, 0.29) is 12.5 Å². The molecule has 1 aliphatic heterocycles. The molecule has 0 aromatic carbocycles. The Labute approximate surface area is 128 Å². The molecule has 1 aliphatic rings. The van der Waals surface area contributed by atoms with Crippen LogP contribution in [0.4, 0.5) is 0 Å². The molecule has 0 bridgehead atoms. The van der Waals surface area contributed by atoms with Crippen LogP contribution < -0.4 is 5.32 Å². The maximum atomic E-state index is 9.55. The van der Waals surface area contributed by atoms with Gasteiger partial charge in [-0.3, -0.25) is 4.98 Å². The van der Waals surface area contributed by atoms with Crippen LogP contribution in [-0.2, 0) is 6.42 Å². The summed E-state index contributed by atoms with van der Waals surface area (Å²) in [4.78, 5) is 6.90. The fourth-order valence-corrected chi connectivity index (χ4v) is 3.03. The number of rotatable bonds is 8. The topological polar surface area (TPSA) is 48.4 Å². The van der Waals surface area contributed by atoms with Crippen molar-refractivity contribution in [3.63, 3.8) is 0 Å². The summed E-state index contributed by atoms with van der Waals surface area (Å²) < 4.78 is 0. The zero-order chi connectivity index (χ0) is 14.9. The maximum Gasteiger partial charge on any atom is 0.0475 e. The number of nitrogens with zero attached hydrogens (tertiary/aromatic N) is 2. The predicted molar refractivity (Wildman–Crippen MR) is 86.3 cm³/mol. The highest BCUT2D eigenvalue weighted by Gasteiger charge is 2.19. The molecule has 0 saturated carbocycles. The van der Waals surface area contributed by atoms with E-state index in [0.29, 0.717) is 6.04 Å². The molecule has 1 aromatic heterocycles. The van der Waals surface area contributed by atoms with E-state index in [0.717, 1.165) is 18.7 Å². The summed E-state index contributed by atoms with van der Waals surface area (Å²) in [7, 11) is 0. The number of piperidine rings is 1. The second-order valence-electron chi connectivity index (χ2n) is 6.10. The Balaban J connectivity index is 1.69. The second kappa shape index (κ2) is 9.13. The van der Waals surface area contributed by atoms with Gasteiger partial charge in [-0.15, -0.1) is 0 Å². The molecule has 1 atom stereocenters. The van der Waals surface area contributed by atoms with Crippen molar-refractivity contribution in [3.05, 3.63) is 30.1 Å². The van der Waals surface area contributed by atoms with Gasteiger partial charge in [0.1, 0.15) is 0 Å². The van der Waals surface area contributed by atoms with Gasteiger partial charge in [0.2, 0.25) is 0 Å². The Morgan fingerprint density at radius 2 is 2.19 bits per heavy atom. The molecule has 2 rings (SSSR count). The zero-order valence-electron chi connectivity index (χ0n) is 13.2. The van der Waals surface area contributed by atoms with Crippen LogP contribution in [0.3, 0.4) is 0 Å². The first-order valence-corrected chi connectivity index (χ1v) is 8.28. The van der Waals surface area contributed by atoms with E-state index in [1.165, 1.54) is 38.9 Å². The summed E-state index contributed by atoms with van der Waals surface area (Å²) in [6, 6.07) is 6.58. The molecule has 0 spiro atoms. The van der Waals surface area contributed by atoms with E-state index in [2.05, 4.69) is 22.1 Å². The minimum Gasteiger partial charge on any atom is -0.396 e. The number of hydrogen-bond donors (Lipinski definition) is 2. The van der Waals surface area contributed by atoms with Crippen molar-refractivity contribution < 1.29 is 5.11 Å². The van der Waals surface area contributed by atoms with Crippen LogP contribution in [0.5, 0.6) is 0 Å². The number of likely N-dealkylation sites (tertiary alicyclic amines) is 1. The molecule has 4 heteroatoms. The Morgan fingerprint density at radius 1 is 1.38 bits per heavy atom. The molecule has 0 radical (unpaired) electrons. The van der Waals surface area contributed by atoms with E-state index in [4.69, 9.17) is 0 Å². The Hall–Kier alpha value is -0.970. The van der Waals surface area contributed by atoms with Crippen molar-refractivity contribution in [1.29, 1.82) is 0 Å². The number of aliphatic hydroxyl groups is 1. The number of aliphatic hydroxyl groups excluding tert-OH is 1. The molecule has 1 fully saturated rings. The lowest BCUT2D eigenvalue weighted by molar-refractivity contribution is 0.181. The molecule has 118 valence electrons. The van der Waals surface area contributed by atoms with E-state index < -0.39 is 0 Å². The Morgan fingerprint density at radius 3 is 2.81 bits per heavy atom. The van der Waals surface area contributed by atoms with Gasteiger partial charge in [-0.1, -0.05) is 13.0 Å². The largest absolute Gasteiger partial charge is 0.396 e. The highest BCUT2D eigenvalue weighted by atomic mass is 16.3. The lowest BCUT2D eigenvalue weighted by Gasteiger charge is -2.33. The third kappa shape index (κ3) is 5.73. The molecule has 21 heavy (non-hydrogen) atoms. The lowest BCUT2D eigenvalue weighted by atomic mass is 10.0. The van der Waals surface area contributed by atoms with E-state index >= 15 is 0 Å². The highest BCUT2D eigenvalue weighted by Crippen LogP contribution is 2.12. The van der Waals surface area contributed by atoms with Crippen molar-refractivity contribution in [3.8, 4) is 0 Å². The van der Waals surface area contributed by atoms with Crippen LogP contribution in [0.2, 0.25) is 0 Å². The zero-order valence-corrected chi connectivity index (χ0v) is 13.2. The van der Waals surface area contributed by atoms with E-state index in [9.17, 15) is 5.11 Å². The second-order valence-corrected chi connectivity index (χ2v) is 6.10. The van der Waals surface area contributed by atoms with Crippen molar-refractivity contribution in [1.82, 2.24) is 15.2 Å². The molecule has 4 nitrogen and oxygen atoms in total. The maximum absolute atomic E-state index is 9.55. The van der Waals surface area contributed by atoms with Crippen LogP contribution in [0.1, 0.15) is 31.9 Å². The summed E-state index contributed by atoms with van der Waals surface area (Å²) in [6.07, 6.45) is 6.36. The van der Waals surface area contributed by atoms with Crippen LogP contribution in [0.25, 0.3) is 0 Å². The fourth-order valence-electron chi connectivity index (χ4n) is 3.03. The predicted octanol–water partition coefficient (Wildman–Crippen LogP) is 1.70. The number of pyridine rings is 1. The fraction of sp³-hybridized carbons (Fsp3) is 0.706. The Bertz CT molecular complexity index is 377. The molecule has 2 heterocycles. The first-order chi connectivity index (χ1) is 10.3. The molecule has 2 N–H and O–H groups in total. The molecule has 0 amide bonds. The van der Waals surface area contributed by atoms with Gasteiger partial charge in [-0.25, -0.2) is 0 Å². The third-order valence-electron chi connectivity index (χ3n) is 4.30. The van der Waals surface area contributed by atoms with E-state index in [1.54, 1.807) is 0 Å². The van der Waals surface area contributed by atoms with Crippen LogP contribution >= 0.6 is 0 Å². The lowest BCUT2D eigenvalue weighted by Crippen LogP contribution is -2.44. The van der Waals surface area contributed by atoms with Gasteiger partial charge in [0, 0.05) is 31.1 Å². The summed E-state index contributed by atoms with van der Waals surface area (Å²) in [5.41, 5.74) is 1.07. The standard InChI is InChI=1S/C17H29N3O/c1-2-9-20-10-6-16(7-11-20)19-13-15(14-21)12-17-5-3-4-8-18-17/h3-5,8,15-16,19,21H,2,6-7,9-14H2,1H3. The van der Waals surface area contributed by atoms with Crippen molar-refractivity contribution in [2.24, 2.45) is 5.92 Å². The number of aromatic nitrogens is 1. The minimum absolute atomic E-state index is 0.220. The van der Waals surface area contributed by atoms with Crippen LogP contribution in [0, 0.1) is 5.92 Å². The van der Waals surface area contributed by atoms with Gasteiger partial charge in [0.05, 0.1) is 0 Å². The molecule has 1 unspecified atom stereocenters. The minimum atomic E-state index is 0.220. The number of nitrogens with one attached hydrogen (secondary N) is 1. The summed E-state index contributed by atoms with van der Waals surface area (Å²) in [5, 5.41) is 13.2.